The Kier molecular flexibility index (Phi) is 10.7. The summed E-state index contributed by atoms with van der Waals surface area (Å²) in [6, 6.07) is 18.9. The van der Waals surface area contributed by atoms with Crippen LogP contribution in [0.2, 0.25) is 0 Å². The van der Waals surface area contributed by atoms with Gasteiger partial charge in [-0.25, -0.2) is 0 Å². The number of carbonyl (C=O) groups excluding carboxylic acids is 1. The Morgan fingerprint density at radius 2 is 1.56 bits per heavy atom. The van der Waals surface area contributed by atoms with Crippen molar-refractivity contribution in [2.75, 3.05) is 40.2 Å². The van der Waals surface area contributed by atoms with Crippen LogP contribution in [0.15, 0.2) is 54.6 Å². The van der Waals surface area contributed by atoms with Gasteiger partial charge in [-0.3, -0.25) is 4.79 Å². The van der Waals surface area contributed by atoms with Gasteiger partial charge in [0.05, 0.1) is 19.6 Å². The minimum absolute atomic E-state index is 0.0431. The standard InChI is InChI=1S/C38H52N2O5/c1-25(19-26-11-16-30(17-12-26)44-24-38(5,6)40(7)8)39-33-23-35(43-10)34(42-9)22-32(33)29-14-13-28-21-31(18-15-27(28)20-29)45-36(41)37(2,3)4/h11-12,15-18,21-23,25,29,39H,13-14,19-20,24H2,1-10H3. The Balaban J connectivity index is 1.48. The number of esters is 1. The second-order valence-electron chi connectivity index (χ2n) is 14.2. The second-order valence-corrected chi connectivity index (χ2v) is 14.2. The largest absolute Gasteiger partial charge is 0.493 e. The zero-order valence-corrected chi connectivity index (χ0v) is 28.9. The first-order valence-electron chi connectivity index (χ1n) is 16.0. The first-order chi connectivity index (χ1) is 21.2. The number of hydrogen-bond donors (Lipinski definition) is 1. The number of rotatable bonds is 12. The fourth-order valence-electron chi connectivity index (χ4n) is 5.46. The summed E-state index contributed by atoms with van der Waals surface area (Å²) in [4.78, 5) is 14.6. The molecule has 1 aliphatic carbocycles. The highest BCUT2D eigenvalue weighted by atomic mass is 16.5. The fourth-order valence-corrected chi connectivity index (χ4v) is 5.46. The van der Waals surface area contributed by atoms with Crippen LogP contribution in [-0.2, 0) is 24.1 Å². The van der Waals surface area contributed by atoms with Crippen LogP contribution in [0.25, 0.3) is 0 Å². The number of ether oxygens (including phenoxy) is 4. The molecule has 0 aromatic heterocycles. The number of methoxy groups -OCH3 is 2. The molecule has 1 aliphatic rings. The molecule has 45 heavy (non-hydrogen) atoms. The van der Waals surface area contributed by atoms with Crippen molar-refractivity contribution in [2.24, 2.45) is 5.41 Å². The zero-order valence-electron chi connectivity index (χ0n) is 28.9. The molecule has 244 valence electrons. The van der Waals surface area contributed by atoms with Gasteiger partial charge in [0.2, 0.25) is 0 Å². The molecule has 0 saturated carbocycles. The van der Waals surface area contributed by atoms with Gasteiger partial charge in [-0.2, -0.15) is 0 Å². The predicted octanol–water partition coefficient (Wildman–Crippen LogP) is 7.69. The van der Waals surface area contributed by atoms with E-state index in [1.165, 1.54) is 22.3 Å². The number of hydrogen-bond acceptors (Lipinski definition) is 7. The number of nitrogens with zero attached hydrogens (tertiary/aromatic N) is 1. The van der Waals surface area contributed by atoms with E-state index in [1.54, 1.807) is 14.2 Å². The molecule has 0 amide bonds. The van der Waals surface area contributed by atoms with Crippen LogP contribution >= 0.6 is 0 Å². The monoisotopic (exact) mass is 616 g/mol. The summed E-state index contributed by atoms with van der Waals surface area (Å²) in [7, 11) is 7.50. The Labute approximate surface area is 270 Å². The lowest BCUT2D eigenvalue weighted by molar-refractivity contribution is -0.143. The third kappa shape index (κ3) is 8.72. The first-order valence-corrected chi connectivity index (χ1v) is 16.0. The lowest BCUT2D eigenvalue weighted by Crippen LogP contribution is -2.43. The van der Waals surface area contributed by atoms with Gasteiger partial charge in [0.25, 0.3) is 0 Å². The fraction of sp³-hybridized carbons (Fsp3) is 0.500. The van der Waals surface area contributed by atoms with Gasteiger partial charge in [0, 0.05) is 23.3 Å². The minimum Gasteiger partial charge on any atom is -0.493 e. The molecular weight excluding hydrogens is 564 g/mol. The highest BCUT2D eigenvalue weighted by Crippen LogP contribution is 2.42. The van der Waals surface area contributed by atoms with Gasteiger partial charge in [-0.1, -0.05) is 18.2 Å². The van der Waals surface area contributed by atoms with E-state index in [9.17, 15) is 4.79 Å². The minimum atomic E-state index is -0.546. The molecular formula is C38H52N2O5. The molecule has 0 spiro atoms. The molecule has 7 nitrogen and oxygen atoms in total. The van der Waals surface area contributed by atoms with Gasteiger partial charge < -0.3 is 29.2 Å². The number of likely N-dealkylation sites (N-methyl/N-ethyl adjacent to an activating group) is 1. The third-order valence-electron chi connectivity index (χ3n) is 8.89. The smallest absolute Gasteiger partial charge is 0.316 e. The van der Waals surface area contributed by atoms with Crippen molar-refractivity contribution in [1.82, 2.24) is 4.90 Å². The predicted molar refractivity (Wildman–Crippen MR) is 182 cm³/mol. The Bertz CT molecular complexity index is 1460. The highest BCUT2D eigenvalue weighted by molar-refractivity contribution is 5.78. The summed E-state index contributed by atoms with van der Waals surface area (Å²) in [6.45, 7) is 12.8. The number of aryl methyl sites for hydroxylation is 1. The van der Waals surface area contributed by atoms with Crippen molar-refractivity contribution in [3.8, 4) is 23.0 Å². The van der Waals surface area contributed by atoms with Crippen molar-refractivity contribution in [3.63, 3.8) is 0 Å². The lowest BCUT2D eigenvalue weighted by Gasteiger charge is -2.32. The van der Waals surface area contributed by atoms with Crippen molar-refractivity contribution < 1.29 is 23.7 Å². The van der Waals surface area contributed by atoms with E-state index in [2.05, 4.69) is 87.5 Å². The van der Waals surface area contributed by atoms with Crippen LogP contribution in [-0.4, -0.2) is 57.4 Å². The number of benzene rings is 3. The molecule has 0 aliphatic heterocycles. The van der Waals surface area contributed by atoms with Gasteiger partial charge >= 0.3 is 5.97 Å². The third-order valence-corrected chi connectivity index (χ3v) is 8.89. The average Bonchev–Trinajstić information content (AvgIpc) is 2.99. The number of fused-ring (bicyclic) bond motifs is 1. The molecule has 2 atom stereocenters. The molecule has 3 aromatic carbocycles. The zero-order chi connectivity index (χ0) is 32.9. The Morgan fingerprint density at radius 1 is 0.911 bits per heavy atom. The number of nitrogens with one attached hydrogen (secondary N) is 1. The molecule has 0 fully saturated rings. The summed E-state index contributed by atoms with van der Waals surface area (Å²) in [6.07, 6.45) is 3.65. The second kappa shape index (κ2) is 14.2. The average molecular weight is 617 g/mol. The van der Waals surface area contributed by atoms with Crippen molar-refractivity contribution in [2.45, 2.75) is 84.7 Å². The van der Waals surface area contributed by atoms with E-state index in [0.717, 1.165) is 42.9 Å². The number of carbonyl (C=O) groups is 1. The lowest BCUT2D eigenvalue weighted by atomic mass is 9.79. The van der Waals surface area contributed by atoms with Crippen molar-refractivity contribution in [1.29, 1.82) is 0 Å². The van der Waals surface area contributed by atoms with Crippen LogP contribution in [0.1, 0.15) is 76.1 Å². The van der Waals surface area contributed by atoms with Crippen molar-refractivity contribution in [3.05, 3.63) is 76.9 Å². The van der Waals surface area contributed by atoms with E-state index in [4.69, 9.17) is 18.9 Å². The molecule has 0 saturated heterocycles. The van der Waals surface area contributed by atoms with E-state index in [0.29, 0.717) is 24.0 Å². The van der Waals surface area contributed by atoms with Crippen LogP contribution in [0.3, 0.4) is 0 Å². The maximum Gasteiger partial charge on any atom is 0.316 e. The molecule has 2 unspecified atom stereocenters. The maximum absolute atomic E-state index is 12.4. The van der Waals surface area contributed by atoms with Gasteiger partial charge in [-0.15, -0.1) is 0 Å². The summed E-state index contributed by atoms with van der Waals surface area (Å²) >= 11 is 0. The topological polar surface area (TPSA) is 69.3 Å². The summed E-state index contributed by atoms with van der Waals surface area (Å²) in [5.41, 5.74) is 5.47. The molecule has 3 aromatic rings. The molecule has 4 rings (SSSR count). The molecule has 0 heterocycles. The summed E-state index contributed by atoms with van der Waals surface area (Å²) < 4.78 is 23.2. The van der Waals surface area contributed by atoms with Gasteiger partial charge in [0.15, 0.2) is 11.5 Å². The van der Waals surface area contributed by atoms with Crippen LogP contribution in [0, 0.1) is 5.41 Å². The van der Waals surface area contributed by atoms with E-state index >= 15 is 0 Å². The Morgan fingerprint density at radius 3 is 2.18 bits per heavy atom. The van der Waals surface area contributed by atoms with Crippen LogP contribution < -0.4 is 24.3 Å². The first kappa shape index (κ1) is 34.2. The van der Waals surface area contributed by atoms with Gasteiger partial charge in [0.1, 0.15) is 18.1 Å². The highest BCUT2D eigenvalue weighted by Gasteiger charge is 2.27. The van der Waals surface area contributed by atoms with Crippen LogP contribution in [0.5, 0.6) is 23.0 Å². The summed E-state index contributed by atoms with van der Waals surface area (Å²) in [5.74, 6) is 3.02. The number of anilines is 1. The van der Waals surface area contributed by atoms with E-state index in [1.807, 2.05) is 32.9 Å². The van der Waals surface area contributed by atoms with Gasteiger partial charge in [-0.05, 0) is 140 Å². The molecule has 7 heteroatoms. The van der Waals surface area contributed by atoms with E-state index in [-0.39, 0.29) is 17.6 Å². The van der Waals surface area contributed by atoms with Crippen molar-refractivity contribution >= 4 is 11.7 Å². The quantitative estimate of drug-likeness (QED) is 0.165. The maximum atomic E-state index is 12.4. The molecule has 1 N–H and O–H groups in total. The van der Waals surface area contributed by atoms with E-state index < -0.39 is 5.41 Å². The SMILES string of the molecule is COc1cc(NC(C)Cc2ccc(OCC(C)(C)N(C)C)cc2)c(C2CCc3cc(OC(=O)C(C)(C)C)ccc3C2)cc1OC. The normalized spacial score (nSPS) is 15.7. The molecule has 0 bridgehead atoms. The molecule has 0 radical (unpaired) electrons. The Hall–Kier alpha value is -3.71. The van der Waals surface area contributed by atoms with Crippen LogP contribution in [0.4, 0.5) is 5.69 Å². The summed E-state index contributed by atoms with van der Waals surface area (Å²) in [5, 5.41) is 3.79.